The summed E-state index contributed by atoms with van der Waals surface area (Å²) in [7, 11) is 0. The summed E-state index contributed by atoms with van der Waals surface area (Å²) in [6.07, 6.45) is 5.47. The number of benzene rings is 1. The van der Waals surface area contributed by atoms with Crippen LogP contribution in [0.3, 0.4) is 0 Å². The SMILES string of the molecule is Nc1oncc1-c1cc(Br)ccc1OCC1CCC1. The van der Waals surface area contributed by atoms with Crippen molar-refractivity contribution in [2.45, 2.75) is 19.3 Å². The van der Waals surface area contributed by atoms with E-state index in [1.165, 1.54) is 19.3 Å². The molecule has 0 radical (unpaired) electrons. The smallest absolute Gasteiger partial charge is 0.230 e. The van der Waals surface area contributed by atoms with Gasteiger partial charge in [0.25, 0.3) is 0 Å². The number of anilines is 1. The average molecular weight is 323 g/mol. The zero-order chi connectivity index (χ0) is 13.2. The number of nitrogens with zero attached hydrogens (tertiary/aromatic N) is 1. The van der Waals surface area contributed by atoms with Crippen molar-refractivity contribution >= 4 is 21.8 Å². The van der Waals surface area contributed by atoms with Gasteiger partial charge < -0.3 is 15.0 Å². The average Bonchev–Trinajstić information content (AvgIpc) is 2.75. The molecule has 0 bridgehead atoms. The van der Waals surface area contributed by atoms with Crippen LogP contribution >= 0.6 is 15.9 Å². The van der Waals surface area contributed by atoms with Gasteiger partial charge in [0.15, 0.2) is 0 Å². The molecule has 1 aromatic carbocycles. The Morgan fingerprint density at radius 1 is 1.37 bits per heavy atom. The minimum Gasteiger partial charge on any atom is -0.493 e. The first-order chi connectivity index (χ1) is 9.24. The third-order valence-electron chi connectivity index (χ3n) is 3.53. The first kappa shape index (κ1) is 12.5. The summed E-state index contributed by atoms with van der Waals surface area (Å²) in [5, 5.41) is 3.72. The topological polar surface area (TPSA) is 61.3 Å². The fourth-order valence-electron chi connectivity index (χ4n) is 2.16. The molecule has 100 valence electrons. The van der Waals surface area contributed by atoms with Crippen LogP contribution in [0.5, 0.6) is 5.75 Å². The second kappa shape index (κ2) is 5.25. The maximum absolute atomic E-state index is 5.93. The molecule has 0 unspecified atom stereocenters. The lowest BCUT2D eigenvalue weighted by molar-refractivity contribution is 0.181. The molecule has 3 rings (SSSR count). The van der Waals surface area contributed by atoms with Crippen LogP contribution in [0.15, 0.2) is 33.4 Å². The van der Waals surface area contributed by atoms with Gasteiger partial charge in [-0.2, -0.15) is 0 Å². The lowest BCUT2D eigenvalue weighted by atomic mass is 9.86. The van der Waals surface area contributed by atoms with Gasteiger partial charge >= 0.3 is 0 Å². The Bertz CT molecular complexity index is 579. The van der Waals surface area contributed by atoms with Crippen LogP contribution in [0.1, 0.15) is 19.3 Å². The van der Waals surface area contributed by atoms with E-state index in [0.717, 1.165) is 28.0 Å². The van der Waals surface area contributed by atoms with Gasteiger partial charge in [-0.25, -0.2) is 0 Å². The minimum atomic E-state index is 0.312. The summed E-state index contributed by atoms with van der Waals surface area (Å²) in [6.45, 7) is 0.764. The summed E-state index contributed by atoms with van der Waals surface area (Å²) in [4.78, 5) is 0. The summed E-state index contributed by atoms with van der Waals surface area (Å²) in [5.41, 5.74) is 7.46. The highest BCUT2D eigenvalue weighted by atomic mass is 79.9. The van der Waals surface area contributed by atoms with Crippen molar-refractivity contribution < 1.29 is 9.26 Å². The molecule has 1 aromatic heterocycles. The van der Waals surface area contributed by atoms with Crippen molar-refractivity contribution in [3.05, 3.63) is 28.9 Å². The standard InChI is InChI=1S/C14H15BrN2O2/c15-10-4-5-13(18-8-9-2-1-3-9)11(6-10)12-7-17-19-14(12)16/h4-7,9H,1-3,8,16H2. The van der Waals surface area contributed by atoms with E-state index in [9.17, 15) is 0 Å². The molecule has 0 amide bonds. The second-order valence-electron chi connectivity index (χ2n) is 4.85. The molecule has 0 aliphatic heterocycles. The number of nitrogen functional groups attached to an aromatic ring is 1. The van der Waals surface area contributed by atoms with Crippen molar-refractivity contribution in [1.29, 1.82) is 0 Å². The van der Waals surface area contributed by atoms with E-state index >= 15 is 0 Å². The fraction of sp³-hybridized carbons (Fsp3) is 0.357. The zero-order valence-corrected chi connectivity index (χ0v) is 12.0. The Labute approximate surface area is 120 Å². The minimum absolute atomic E-state index is 0.312. The number of halogens is 1. The molecular weight excluding hydrogens is 308 g/mol. The largest absolute Gasteiger partial charge is 0.493 e. The lowest BCUT2D eigenvalue weighted by Crippen LogP contribution is -2.19. The van der Waals surface area contributed by atoms with Crippen molar-refractivity contribution in [2.24, 2.45) is 5.92 Å². The molecule has 1 aliphatic rings. The van der Waals surface area contributed by atoms with Crippen LogP contribution in [0.4, 0.5) is 5.88 Å². The van der Waals surface area contributed by atoms with Gasteiger partial charge in [-0.15, -0.1) is 0 Å². The van der Waals surface area contributed by atoms with E-state index in [1.807, 2.05) is 18.2 Å². The molecule has 1 saturated carbocycles. The van der Waals surface area contributed by atoms with Crippen LogP contribution in [0.25, 0.3) is 11.1 Å². The predicted octanol–water partition coefficient (Wildman–Crippen LogP) is 3.87. The maximum atomic E-state index is 5.93. The highest BCUT2D eigenvalue weighted by Crippen LogP contribution is 2.37. The number of hydrogen-bond acceptors (Lipinski definition) is 4. The van der Waals surface area contributed by atoms with Crippen LogP contribution < -0.4 is 10.5 Å². The Morgan fingerprint density at radius 2 is 2.21 bits per heavy atom. The molecule has 0 atom stereocenters. The first-order valence-electron chi connectivity index (χ1n) is 6.37. The van der Waals surface area contributed by atoms with Gasteiger partial charge in [0.2, 0.25) is 5.88 Å². The second-order valence-corrected chi connectivity index (χ2v) is 5.77. The normalized spacial score (nSPS) is 15.2. The third kappa shape index (κ3) is 2.61. The van der Waals surface area contributed by atoms with E-state index in [0.29, 0.717) is 11.8 Å². The predicted molar refractivity (Wildman–Crippen MR) is 76.9 cm³/mol. The third-order valence-corrected chi connectivity index (χ3v) is 4.02. The van der Waals surface area contributed by atoms with E-state index in [1.54, 1.807) is 6.20 Å². The van der Waals surface area contributed by atoms with Gasteiger partial charge in [-0.3, -0.25) is 0 Å². The van der Waals surface area contributed by atoms with Crippen molar-refractivity contribution in [2.75, 3.05) is 12.3 Å². The van der Waals surface area contributed by atoms with E-state index in [2.05, 4.69) is 21.1 Å². The molecule has 1 fully saturated rings. The summed E-state index contributed by atoms with van der Waals surface area (Å²) >= 11 is 3.46. The fourth-order valence-corrected chi connectivity index (χ4v) is 2.52. The lowest BCUT2D eigenvalue weighted by Gasteiger charge is -2.25. The Morgan fingerprint density at radius 3 is 2.84 bits per heavy atom. The number of hydrogen-bond donors (Lipinski definition) is 1. The van der Waals surface area contributed by atoms with Crippen LogP contribution in [-0.2, 0) is 0 Å². The molecule has 4 nitrogen and oxygen atoms in total. The van der Waals surface area contributed by atoms with Crippen LogP contribution in [0, 0.1) is 5.92 Å². The van der Waals surface area contributed by atoms with Gasteiger partial charge in [0, 0.05) is 10.0 Å². The van der Waals surface area contributed by atoms with Crippen LogP contribution in [0.2, 0.25) is 0 Å². The zero-order valence-electron chi connectivity index (χ0n) is 10.4. The number of nitrogens with two attached hydrogens (primary N) is 1. The quantitative estimate of drug-likeness (QED) is 0.928. The number of ether oxygens (including phenoxy) is 1. The molecule has 0 saturated heterocycles. The monoisotopic (exact) mass is 322 g/mol. The highest BCUT2D eigenvalue weighted by Gasteiger charge is 2.19. The van der Waals surface area contributed by atoms with Gasteiger partial charge in [-0.05, 0) is 37.0 Å². The van der Waals surface area contributed by atoms with Gasteiger partial charge in [0.1, 0.15) is 5.75 Å². The molecule has 2 aromatic rings. The maximum Gasteiger partial charge on any atom is 0.230 e. The van der Waals surface area contributed by atoms with E-state index in [-0.39, 0.29) is 0 Å². The summed E-state index contributed by atoms with van der Waals surface area (Å²) in [5.74, 6) is 1.83. The van der Waals surface area contributed by atoms with Crippen molar-refractivity contribution in [3.8, 4) is 16.9 Å². The molecular formula is C14H15BrN2O2. The first-order valence-corrected chi connectivity index (χ1v) is 7.16. The molecule has 2 N–H and O–H groups in total. The van der Waals surface area contributed by atoms with E-state index < -0.39 is 0 Å². The highest BCUT2D eigenvalue weighted by molar-refractivity contribution is 9.10. The Kier molecular flexibility index (Phi) is 3.46. The van der Waals surface area contributed by atoms with Crippen LogP contribution in [-0.4, -0.2) is 11.8 Å². The number of rotatable bonds is 4. The molecule has 1 aliphatic carbocycles. The molecule has 1 heterocycles. The van der Waals surface area contributed by atoms with Crippen molar-refractivity contribution in [1.82, 2.24) is 5.16 Å². The molecule has 0 spiro atoms. The number of aromatic nitrogens is 1. The van der Waals surface area contributed by atoms with Gasteiger partial charge in [-0.1, -0.05) is 27.5 Å². The summed E-state index contributed by atoms with van der Waals surface area (Å²) in [6, 6.07) is 5.88. The van der Waals surface area contributed by atoms with Crippen molar-refractivity contribution in [3.63, 3.8) is 0 Å². The molecule has 5 heteroatoms. The van der Waals surface area contributed by atoms with Gasteiger partial charge in [0.05, 0.1) is 18.4 Å². The molecule has 19 heavy (non-hydrogen) atoms. The van der Waals surface area contributed by atoms with E-state index in [4.69, 9.17) is 15.0 Å². The Hall–Kier alpha value is -1.49. The summed E-state index contributed by atoms with van der Waals surface area (Å²) < 4.78 is 11.8. The Balaban J connectivity index is 1.88.